The number of hydrogen-bond acceptors (Lipinski definition) is 3. The summed E-state index contributed by atoms with van der Waals surface area (Å²) in [6.45, 7) is 9.97. The minimum Gasteiger partial charge on any atom is -0.396 e. The highest BCUT2D eigenvalue weighted by molar-refractivity contribution is 5.34. The molecule has 1 aliphatic heterocycles. The summed E-state index contributed by atoms with van der Waals surface area (Å²) in [5, 5.41) is 14.4. The second-order valence-electron chi connectivity index (χ2n) is 7.96. The van der Waals surface area contributed by atoms with Crippen LogP contribution in [0.25, 0.3) is 5.69 Å². The summed E-state index contributed by atoms with van der Waals surface area (Å²) in [7, 11) is 0. The highest BCUT2D eigenvalue weighted by atomic mass is 16.3. The van der Waals surface area contributed by atoms with E-state index in [-0.39, 0.29) is 5.41 Å². The second kappa shape index (κ2) is 7.08. The molecular weight excluding hydrogens is 298 g/mol. The fraction of sp³-hybridized carbons (Fsp3) is 0.550. The van der Waals surface area contributed by atoms with E-state index in [1.807, 2.05) is 22.9 Å². The van der Waals surface area contributed by atoms with Crippen LogP contribution in [-0.2, 0) is 12.0 Å². The number of benzene rings is 1. The first-order chi connectivity index (χ1) is 11.5. The van der Waals surface area contributed by atoms with Crippen molar-refractivity contribution >= 4 is 0 Å². The molecule has 0 spiro atoms. The summed E-state index contributed by atoms with van der Waals surface area (Å²) in [5.74, 6) is 0.418. The van der Waals surface area contributed by atoms with Gasteiger partial charge in [0.25, 0.3) is 0 Å². The van der Waals surface area contributed by atoms with E-state index in [2.05, 4.69) is 44.0 Å². The lowest BCUT2D eigenvalue weighted by molar-refractivity contribution is 0.115. The average molecular weight is 327 g/mol. The van der Waals surface area contributed by atoms with Crippen LogP contribution in [0, 0.1) is 5.92 Å². The van der Waals surface area contributed by atoms with Crippen molar-refractivity contribution < 1.29 is 5.11 Å². The molecule has 1 aromatic heterocycles. The van der Waals surface area contributed by atoms with Crippen LogP contribution in [0.15, 0.2) is 36.5 Å². The van der Waals surface area contributed by atoms with Gasteiger partial charge in [-0.3, -0.25) is 4.90 Å². The van der Waals surface area contributed by atoms with E-state index in [1.165, 1.54) is 12.0 Å². The Balaban J connectivity index is 1.87. The van der Waals surface area contributed by atoms with E-state index in [1.54, 1.807) is 0 Å². The van der Waals surface area contributed by atoms with Gasteiger partial charge in [0.05, 0.1) is 11.4 Å². The molecule has 2 heterocycles. The number of aliphatic hydroxyl groups excluding tert-OH is 1. The number of aromatic nitrogens is 2. The van der Waals surface area contributed by atoms with Crippen LogP contribution in [0.5, 0.6) is 0 Å². The van der Waals surface area contributed by atoms with Crippen LogP contribution in [-0.4, -0.2) is 39.5 Å². The molecule has 0 bridgehead atoms. The summed E-state index contributed by atoms with van der Waals surface area (Å²) >= 11 is 0. The Bertz CT molecular complexity index is 657. The Kier molecular flexibility index (Phi) is 5.07. The maximum Gasteiger partial charge on any atom is 0.0727 e. The van der Waals surface area contributed by atoms with Crippen molar-refractivity contribution in [2.24, 2.45) is 5.92 Å². The third-order valence-corrected chi connectivity index (χ3v) is 4.78. The molecule has 2 aromatic rings. The monoisotopic (exact) mass is 327 g/mol. The number of nitrogens with zero attached hydrogens (tertiary/aromatic N) is 3. The topological polar surface area (TPSA) is 41.3 Å². The van der Waals surface area contributed by atoms with Gasteiger partial charge in [-0.15, -0.1) is 0 Å². The molecule has 24 heavy (non-hydrogen) atoms. The van der Waals surface area contributed by atoms with E-state index in [0.29, 0.717) is 12.5 Å². The van der Waals surface area contributed by atoms with Gasteiger partial charge >= 0.3 is 0 Å². The molecule has 1 N–H and O–H groups in total. The van der Waals surface area contributed by atoms with Gasteiger partial charge < -0.3 is 5.11 Å². The van der Waals surface area contributed by atoms with Crippen LogP contribution in [0.4, 0.5) is 0 Å². The largest absolute Gasteiger partial charge is 0.396 e. The van der Waals surface area contributed by atoms with Crippen LogP contribution < -0.4 is 0 Å². The summed E-state index contributed by atoms with van der Waals surface area (Å²) in [4.78, 5) is 2.46. The molecular formula is C20H29N3O. The third kappa shape index (κ3) is 3.87. The smallest absolute Gasteiger partial charge is 0.0727 e. The van der Waals surface area contributed by atoms with Gasteiger partial charge in [-0.2, -0.15) is 5.10 Å². The predicted molar refractivity (Wildman–Crippen MR) is 97.4 cm³/mol. The number of rotatable bonds is 4. The molecule has 0 amide bonds. The number of piperidine rings is 1. The number of aliphatic hydroxyl groups is 1. The molecule has 1 fully saturated rings. The Morgan fingerprint density at radius 2 is 1.96 bits per heavy atom. The first-order valence-corrected chi connectivity index (χ1v) is 8.95. The predicted octanol–water partition coefficient (Wildman–Crippen LogP) is 3.37. The minimum atomic E-state index is 0.0154. The first kappa shape index (κ1) is 17.2. The molecule has 1 aromatic carbocycles. The highest BCUT2D eigenvalue weighted by Crippen LogP contribution is 2.28. The van der Waals surface area contributed by atoms with Crippen molar-refractivity contribution in [2.75, 3.05) is 19.7 Å². The second-order valence-corrected chi connectivity index (χ2v) is 7.96. The zero-order valence-electron chi connectivity index (χ0n) is 15.1. The molecule has 0 saturated carbocycles. The molecule has 4 heteroatoms. The van der Waals surface area contributed by atoms with E-state index >= 15 is 0 Å². The van der Waals surface area contributed by atoms with E-state index in [0.717, 1.165) is 37.4 Å². The Hall–Kier alpha value is -1.65. The number of para-hydroxylation sites is 1. The number of likely N-dealkylation sites (tertiary alicyclic amines) is 1. The summed E-state index contributed by atoms with van der Waals surface area (Å²) in [6.07, 6.45) is 4.49. The quantitative estimate of drug-likeness (QED) is 0.936. The van der Waals surface area contributed by atoms with Crippen molar-refractivity contribution in [1.82, 2.24) is 14.7 Å². The van der Waals surface area contributed by atoms with E-state index in [9.17, 15) is 5.11 Å². The zero-order valence-corrected chi connectivity index (χ0v) is 15.1. The Morgan fingerprint density at radius 1 is 1.21 bits per heavy atom. The van der Waals surface area contributed by atoms with Gasteiger partial charge in [-0.25, -0.2) is 4.68 Å². The third-order valence-electron chi connectivity index (χ3n) is 4.78. The van der Waals surface area contributed by atoms with Gasteiger partial charge in [0, 0.05) is 36.9 Å². The standard InChI is InChI=1S/C20H29N3O/c1-20(2,3)19-17(13-22-11-7-8-16(12-22)15-24)14-23(21-19)18-9-5-4-6-10-18/h4-6,9-10,14,16,24H,7-8,11-13,15H2,1-3H3. The normalized spacial score (nSPS) is 19.6. The van der Waals surface area contributed by atoms with Crippen LogP contribution in [0.3, 0.4) is 0 Å². The molecule has 0 radical (unpaired) electrons. The maximum atomic E-state index is 9.47. The van der Waals surface area contributed by atoms with E-state index < -0.39 is 0 Å². The fourth-order valence-electron chi connectivity index (χ4n) is 3.55. The van der Waals surface area contributed by atoms with Gasteiger partial charge in [-0.05, 0) is 37.4 Å². The lowest BCUT2D eigenvalue weighted by Crippen LogP contribution is -2.36. The summed E-state index contributed by atoms with van der Waals surface area (Å²) < 4.78 is 2.00. The molecule has 1 atom stereocenters. The molecule has 1 unspecified atom stereocenters. The van der Waals surface area contributed by atoms with Gasteiger partial charge in [0.15, 0.2) is 0 Å². The lowest BCUT2D eigenvalue weighted by Gasteiger charge is -2.32. The Morgan fingerprint density at radius 3 is 2.62 bits per heavy atom. The van der Waals surface area contributed by atoms with Crippen molar-refractivity contribution in [3.05, 3.63) is 47.8 Å². The van der Waals surface area contributed by atoms with Gasteiger partial charge in [0.1, 0.15) is 0 Å². The Labute approximate surface area is 145 Å². The number of hydrogen-bond donors (Lipinski definition) is 1. The average Bonchev–Trinajstić information content (AvgIpc) is 3.00. The molecule has 1 aliphatic rings. The van der Waals surface area contributed by atoms with Crippen molar-refractivity contribution in [2.45, 2.75) is 45.6 Å². The zero-order chi connectivity index (χ0) is 17.2. The van der Waals surface area contributed by atoms with E-state index in [4.69, 9.17) is 5.10 Å². The van der Waals surface area contributed by atoms with Crippen LogP contribution in [0.2, 0.25) is 0 Å². The summed E-state index contributed by atoms with van der Waals surface area (Å²) in [6, 6.07) is 10.3. The molecule has 3 rings (SSSR count). The van der Waals surface area contributed by atoms with Crippen molar-refractivity contribution in [3.8, 4) is 5.69 Å². The lowest BCUT2D eigenvalue weighted by atomic mass is 9.89. The van der Waals surface area contributed by atoms with Gasteiger partial charge in [-0.1, -0.05) is 39.0 Å². The SMILES string of the molecule is CC(C)(C)c1nn(-c2ccccc2)cc1CN1CCCC(CO)C1. The molecule has 1 saturated heterocycles. The van der Waals surface area contributed by atoms with Crippen LogP contribution in [0.1, 0.15) is 44.9 Å². The fourth-order valence-corrected chi connectivity index (χ4v) is 3.55. The molecule has 0 aliphatic carbocycles. The van der Waals surface area contributed by atoms with Crippen molar-refractivity contribution in [1.29, 1.82) is 0 Å². The highest BCUT2D eigenvalue weighted by Gasteiger charge is 2.26. The van der Waals surface area contributed by atoms with Gasteiger partial charge in [0.2, 0.25) is 0 Å². The van der Waals surface area contributed by atoms with Crippen LogP contribution >= 0.6 is 0 Å². The van der Waals surface area contributed by atoms with Crippen molar-refractivity contribution in [3.63, 3.8) is 0 Å². The molecule has 130 valence electrons. The summed E-state index contributed by atoms with van der Waals surface area (Å²) in [5.41, 5.74) is 3.57. The first-order valence-electron chi connectivity index (χ1n) is 8.95. The minimum absolute atomic E-state index is 0.0154. The maximum absolute atomic E-state index is 9.47. The molecule has 4 nitrogen and oxygen atoms in total.